The van der Waals surface area contributed by atoms with Crippen molar-refractivity contribution in [2.24, 2.45) is 4.99 Å². The van der Waals surface area contributed by atoms with Crippen molar-refractivity contribution in [3.8, 4) is 0 Å². The van der Waals surface area contributed by atoms with Crippen molar-refractivity contribution < 1.29 is 0 Å². The van der Waals surface area contributed by atoms with Crippen molar-refractivity contribution in [3.63, 3.8) is 0 Å². The Balaban J connectivity index is 1.25. The fourth-order valence-corrected chi connectivity index (χ4v) is 4.33. The molecular weight excluding hydrogens is 310 g/mol. The Morgan fingerprint density at radius 3 is 2.88 bits per heavy atom. The first-order chi connectivity index (χ1) is 12.2. The predicted molar refractivity (Wildman–Crippen MR) is 104 cm³/mol. The smallest absolute Gasteiger partial charge is 0.191 e. The van der Waals surface area contributed by atoms with Crippen LogP contribution in [0, 0.1) is 0 Å². The summed E-state index contributed by atoms with van der Waals surface area (Å²) < 4.78 is 0. The number of nitrogens with one attached hydrogen (secondary N) is 2. The van der Waals surface area contributed by atoms with Gasteiger partial charge in [0.2, 0.25) is 0 Å². The van der Waals surface area contributed by atoms with E-state index in [9.17, 15) is 0 Å². The van der Waals surface area contributed by atoms with E-state index >= 15 is 0 Å². The van der Waals surface area contributed by atoms with Crippen LogP contribution in [-0.2, 0) is 6.42 Å². The molecule has 5 nitrogen and oxygen atoms in total. The molecule has 2 fully saturated rings. The molecule has 1 saturated carbocycles. The van der Waals surface area contributed by atoms with Gasteiger partial charge in [-0.1, -0.05) is 18.2 Å². The van der Waals surface area contributed by atoms with Crippen LogP contribution in [0.15, 0.2) is 29.3 Å². The maximum Gasteiger partial charge on any atom is 0.191 e. The molecule has 1 aliphatic carbocycles. The quantitative estimate of drug-likeness (QED) is 0.634. The van der Waals surface area contributed by atoms with Crippen LogP contribution < -0.4 is 15.5 Å². The number of aliphatic imine (C=N–C) groups is 1. The van der Waals surface area contributed by atoms with Gasteiger partial charge in [-0.15, -0.1) is 0 Å². The molecule has 2 N–H and O–H groups in total. The maximum atomic E-state index is 4.42. The van der Waals surface area contributed by atoms with Gasteiger partial charge < -0.3 is 15.5 Å². The van der Waals surface area contributed by atoms with Crippen molar-refractivity contribution in [1.82, 2.24) is 15.5 Å². The predicted octanol–water partition coefficient (Wildman–Crippen LogP) is 1.84. The highest BCUT2D eigenvalue weighted by Crippen LogP contribution is 2.31. The molecule has 2 aliphatic heterocycles. The second kappa shape index (κ2) is 7.24. The van der Waals surface area contributed by atoms with Gasteiger partial charge in [-0.2, -0.15) is 0 Å². The van der Waals surface area contributed by atoms with Crippen LogP contribution in [0.1, 0.15) is 31.7 Å². The summed E-state index contributed by atoms with van der Waals surface area (Å²) in [6, 6.07) is 10.8. The number of hydrogen-bond acceptors (Lipinski definition) is 3. The van der Waals surface area contributed by atoms with E-state index in [0.717, 1.165) is 31.5 Å². The summed E-state index contributed by atoms with van der Waals surface area (Å²) in [4.78, 5) is 9.57. The van der Waals surface area contributed by atoms with E-state index in [1.165, 1.54) is 43.6 Å². The summed E-state index contributed by atoms with van der Waals surface area (Å²) in [6.45, 7) is 6.65. The molecule has 4 rings (SSSR count). The first kappa shape index (κ1) is 16.7. The van der Waals surface area contributed by atoms with Gasteiger partial charge in [-0.05, 0) is 44.2 Å². The van der Waals surface area contributed by atoms with E-state index in [0.29, 0.717) is 12.1 Å². The topological polar surface area (TPSA) is 42.9 Å². The van der Waals surface area contributed by atoms with Gasteiger partial charge in [0.15, 0.2) is 5.96 Å². The average molecular weight is 342 g/mol. The Kier molecular flexibility index (Phi) is 4.84. The average Bonchev–Trinajstić information content (AvgIpc) is 3.29. The lowest BCUT2D eigenvalue weighted by Gasteiger charge is -2.26. The first-order valence-electron chi connectivity index (χ1n) is 9.80. The summed E-state index contributed by atoms with van der Waals surface area (Å²) in [5.74, 6) is 0.947. The fourth-order valence-electron chi connectivity index (χ4n) is 4.33. The normalized spacial score (nSPS) is 26.8. The number of guanidine groups is 1. The van der Waals surface area contributed by atoms with Crippen LogP contribution in [0.3, 0.4) is 0 Å². The Hall–Kier alpha value is -1.75. The van der Waals surface area contributed by atoms with Gasteiger partial charge in [-0.25, -0.2) is 0 Å². The molecule has 25 heavy (non-hydrogen) atoms. The van der Waals surface area contributed by atoms with Crippen LogP contribution in [-0.4, -0.2) is 62.2 Å². The van der Waals surface area contributed by atoms with E-state index in [2.05, 4.69) is 56.6 Å². The molecule has 1 saturated heterocycles. The molecule has 2 heterocycles. The first-order valence-corrected chi connectivity index (χ1v) is 9.80. The molecule has 1 aromatic carbocycles. The number of nitrogens with zero attached hydrogens (tertiary/aromatic N) is 3. The molecule has 3 aliphatic rings. The van der Waals surface area contributed by atoms with E-state index in [1.54, 1.807) is 0 Å². The standard InChI is InChI=1S/C20H31N5/c1-15-13-16-5-3-4-6-19(16)25(15)12-10-22-20(21-2)23-17-9-11-24(14-17)18-7-8-18/h3-6,15,17-18H,7-14H2,1-2H3,(H2,21,22,23). The minimum absolute atomic E-state index is 0.540. The zero-order valence-electron chi connectivity index (χ0n) is 15.5. The molecule has 136 valence electrons. The third-order valence-electron chi connectivity index (χ3n) is 5.84. The number of likely N-dealkylation sites (tertiary alicyclic amines) is 1. The molecule has 0 aromatic heterocycles. The van der Waals surface area contributed by atoms with Crippen LogP contribution >= 0.6 is 0 Å². The number of benzene rings is 1. The highest BCUT2D eigenvalue weighted by Gasteiger charge is 2.34. The van der Waals surface area contributed by atoms with Gasteiger partial charge in [-0.3, -0.25) is 9.89 Å². The van der Waals surface area contributed by atoms with Crippen LogP contribution in [0.4, 0.5) is 5.69 Å². The molecule has 2 unspecified atom stereocenters. The highest BCUT2D eigenvalue weighted by molar-refractivity contribution is 5.80. The molecule has 0 spiro atoms. The van der Waals surface area contributed by atoms with E-state index < -0.39 is 0 Å². The van der Waals surface area contributed by atoms with Crippen molar-refractivity contribution in [1.29, 1.82) is 0 Å². The van der Waals surface area contributed by atoms with E-state index in [4.69, 9.17) is 0 Å². The van der Waals surface area contributed by atoms with Crippen LogP contribution in [0.2, 0.25) is 0 Å². The number of rotatable bonds is 5. The number of anilines is 1. The minimum Gasteiger partial charge on any atom is -0.367 e. The molecule has 0 bridgehead atoms. The second-order valence-corrected chi connectivity index (χ2v) is 7.73. The Labute approximate surface area is 151 Å². The fraction of sp³-hybridized carbons (Fsp3) is 0.650. The van der Waals surface area contributed by atoms with Crippen molar-refractivity contribution in [2.45, 2.75) is 50.7 Å². The summed E-state index contributed by atoms with van der Waals surface area (Å²) in [5.41, 5.74) is 2.87. The summed E-state index contributed by atoms with van der Waals surface area (Å²) >= 11 is 0. The van der Waals surface area contributed by atoms with Crippen molar-refractivity contribution in [2.75, 3.05) is 38.1 Å². The number of fused-ring (bicyclic) bond motifs is 1. The van der Waals surface area contributed by atoms with E-state index in [-0.39, 0.29) is 0 Å². The molecule has 2 atom stereocenters. The summed E-state index contributed by atoms with van der Waals surface area (Å²) in [7, 11) is 1.87. The van der Waals surface area contributed by atoms with Crippen LogP contribution in [0.5, 0.6) is 0 Å². The molecule has 1 aromatic rings. The third kappa shape index (κ3) is 3.76. The second-order valence-electron chi connectivity index (χ2n) is 7.73. The van der Waals surface area contributed by atoms with Crippen molar-refractivity contribution in [3.05, 3.63) is 29.8 Å². The zero-order valence-corrected chi connectivity index (χ0v) is 15.5. The lowest BCUT2D eigenvalue weighted by Crippen LogP contribution is -2.47. The van der Waals surface area contributed by atoms with Crippen LogP contribution in [0.25, 0.3) is 0 Å². The summed E-state index contributed by atoms with van der Waals surface area (Å²) in [5, 5.41) is 7.13. The minimum atomic E-state index is 0.540. The largest absolute Gasteiger partial charge is 0.367 e. The monoisotopic (exact) mass is 341 g/mol. The van der Waals surface area contributed by atoms with Gasteiger partial charge >= 0.3 is 0 Å². The zero-order chi connectivity index (χ0) is 17.2. The highest BCUT2D eigenvalue weighted by atomic mass is 15.3. The molecule has 5 heteroatoms. The summed E-state index contributed by atoms with van der Waals surface area (Å²) in [6.07, 6.45) is 5.18. The Morgan fingerprint density at radius 1 is 1.24 bits per heavy atom. The van der Waals surface area contributed by atoms with Gasteiger partial charge in [0.05, 0.1) is 0 Å². The third-order valence-corrected chi connectivity index (χ3v) is 5.84. The number of para-hydroxylation sites is 1. The molecular formula is C20H31N5. The maximum absolute atomic E-state index is 4.42. The number of hydrogen-bond donors (Lipinski definition) is 2. The molecule has 0 radical (unpaired) electrons. The van der Waals surface area contributed by atoms with Crippen molar-refractivity contribution >= 4 is 11.6 Å². The van der Waals surface area contributed by atoms with E-state index in [1.807, 2.05) is 7.05 Å². The molecule has 0 amide bonds. The SMILES string of the molecule is CN=C(NCCN1c2ccccc2CC1C)NC1CCN(C2CC2)C1. The van der Waals surface area contributed by atoms with Gasteiger partial charge in [0.1, 0.15) is 0 Å². The Bertz CT molecular complexity index is 624. The Morgan fingerprint density at radius 2 is 2.08 bits per heavy atom. The lowest BCUT2D eigenvalue weighted by molar-refractivity contribution is 0.321. The van der Waals surface area contributed by atoms with Gasteiger partial charge in [0, 0.05) is 57.0 Å². The van der Waals surface area contributed by atoms with Gasteiger partial charge in [0.25, 0.3) is 0 Å². The lowest BCUT2D eigenvalue weighted by atomic mass is 10.1.